The van der Waals surface area contributed by atoms with Crippen molar-refractivity contribution in [1.29, 1.82) is 5.26 Å². The van der Waals surface area contributed by atoms with E-state index in [9.17, 15) is 0 Å². The molecule has 0 aliphatic carbocycles. The first-order valence-corrected chi connectivity index (χ1v) is 6.19. The lowest BCUT2D eigenvalue weighted by Gasteiger charge is -2.11. The largest absolute Gasteiger partial charge is 0.380 e. The third-order valence-electron chi connectivity index (χ3n) is 3.06. The van der Waals surface area contributed by atoms with Crippen LogP contribution in [0.2, 0.25) is 0 Å². The first-order chi connectivity index (χ1) is 9.22. The molecule has 0 unspecified atom stereocenters. The number of benzene rings is 2. The minimum atomic E-state index is 0.627. The van der Waals surface area contributed by atoms with Crippen molar-refractivity contribution in [1.82, 2.24) is 0 Å². The normalized spacial score (nSPS) is 9.68. The first kappa shape index (κ1) is 12.9. The third kappa shape index (κ3) is 3.02. The Labute approximate surface area is 114 Å². The summed E-state index contributed by atoms with van der Waals surface area (Å²) in [4.78, 5) is 0. The Hall–Kier alpha value is -2.53. The van der Waals surface area contributed by atoms with Crippen LogP contribution in [0.1, 0.15) is 16.7 Å². The molecule has 0 radical (unpaired) electrons. The maximum absolute atomic E-state index is 9.17. The van der Waals surface area contributed by atoms with Crippen LogP contribution in [-0.2, 0) is 0 Å². The summed E-state index contributed by atoms with van der Waals surface area (Å²) < 4.78 is 0. The summed E-state index contributed by atoms with van der Waals surface area (Å²) in [6.07, 6.45) is 0. The summed E-state index contributed by atoms with van der Waals surface area (Å²) in [5.41, 5.74) is 4.66. The van der Waals surface area contributed by atoms with Gasteiger partial charge in [0.25, 0.3) is 0 Å². The van der Waals surface area contributed by atoms with Gasteiger partial charge in [-0.15, -0.1) is 0 Å². The molecule has 2 heteroatoms. The van der Waals surface area contributed by atoms with E-state index in [1.54, 1.807) is 0 Å². The number of nitrogens with zero attached hydrogens (tertiary/aromatic N) is 1. The summed E-state index contributed by atoms with van der Waals surface area (Å²) in [6, 6.07) is 18.1. The molecule has 2 rings (SSSR count). The molecule has 0 atom stereocenters. The van der Waals surface area contributed by atoms with Gasteiger partial charge in [-0.2, -0.15) is 5.26 Å². The quantitative estimate of drug-likeness (QED) is 0.888. The van der Waals surface area contributed by atoms with Gasteiger partial charge < -0.3 is 5.32 Å². The Kier molecular flexibility index (Phi) is 4.00. The molecule has 0 fully saturated rings. The molecule has 94 valence electrons. The lowest BCUT2D eigenvalue weighted by atomic mass is 10.1. The van der Waals surface area contributed by atoms with Gasteiger partial charge in [0.05, 0.1) is 11.3 Å². The molecule has 19 heavy (non-hydrogen) atoms. The number of nitrogens with one attached hydrogen (secondary N) is 1. The second kappa shape index (κ2) is 5.88. The monoisotopic (exact) mass is 248 g/mol. The molecule has 2 aromatic rings. The van der Waals surface area contributed by atoms with Gasteiger partial charge in [0, 0.05) is 6.54 Å². The highest BCUT2D eigenvalue weighted by molar-refractivity contribution is 5.69. The zero-order valence-corrected chi connectivity index (χ0v) is 11.0. The van der Waals surface area contributed by atoms with Crippen molar-refractivity contribution in [3.05, 3.63) is 71.8 Å². The van der Waals surface area contributed by atoms with Gasteiger partial charge in [-0.3, -0.25) is 0 Å². The van der Waals surface area contributed by atoms with E-state index in [-0.39, 0.29) is 0 Å². The van der Waals surface area contributed by atoms with E-state index in [0.717, 1.165) is 22.4 Å². The number of rotatable bonds is 4. The number of anilines is 1. The molecule has 0 spiro atoms. The van der Waals surface area contributed by atoms with Crippen molar-refractivity contribution in [3.8, 4) is 6.07 Å². The smallest absolute Gasteiger partial charge is 0.102 e. The zero-order chi connectivity index (χ0) is 13.7. The molecular weight excluding hydrogens is 232 g/mol. The fourth-order valence-electron chi connectivity index (χ4n) is 1.94. The minimum Gasteiger partial charge on any atom is -0.380 e. The summed E-state index contributed by atoms with van der Waals surface area (Å²) in [5.74, 6) is 0. The van der Waals surface area contributed by atoms with Crippen molar-refractivity contribution >= 4 is 11.3 Å². The third-order valence-corrected chi connectivity index (χ3v) is 3.06. The lowest BCUT2D eigenvalue weighted by molar-refractivity contribution is 1.30. The topological polar surface area (TPSA) is 35.8 Å². The van der Waals surface area contributed by atoms with E-state index >= 15 is 0 Å². The van der Waals surface area contributed by atoms with E-state index in [1.807, 2.05) is 55.5 Å². The van der Waals surface area contributed by atoms with E-state index in [2.05, 4.69) is 18.0 Å². The Morgan fingerprint density at radius 1 is 1.16 bits per heavy atom. The molecule has 0 saturated carbocycles. The highest BCUT2D eigenvalue weighted by Crippen LogP contribution is 2.20. The van der Waals surface area contributed by atoms with Gasteiger partial charge in [-0.1, -0.05) is 49.0 Å². The molecule has 0 aliphatic rings. The molecule has 0 aliphatic heterocycles. The van der Waals surface area contributed by atoms with Crippen molar-refractivity contribution in [2.45, 2.75) is 6.92 Å². The maximum atomic E-state index is 9.17. The second-order valence-corrected chi connectivity index (χ2v) is 4.43. The van der Waals surface area contributed by atoms with Crippen LogP contribution in [0.5, 0.6) is 0 Å². The fraction of sp³-hybridized carbons (Fsp3) is 0.118. The van der Waals surface area contributed by atoms with E-state index in [0.29, 0.717) is 12.1 Å². The van der Waals surface area contributed by atoms with Crippen molar-refractivity contribution in [2.24, 2.45) is 0 Å². The van der Waals surface area contributed by atoms with Gasteiger partial charge in [-0.05, 0) is 29.7 Å². The van der Waals surface area contributed by atoms with Crippen LogP contribution in [0, 0.1) is 18.3 Å². The Morgan fingerprint density at radius 2 is 1.89 bits per heavy atom. The molecule has 0 amide bonds. The average Bonchev–Trinajstić information content (AvgIpc) is 2.45. The predicted octanol–water partition coefficient (Wildman–Crippen LogP) is 3.99. The molecule has 0 saturated heterocycles. The van der Waals surface area contributed by atoms with Crippen LogP contribution in [0.4, 0.5) is 5.69 Å². The number of hydrogen-bond acceptors (Lipinski definition) is 2. The number of hydrogen-bond donors (Lipinski definition) is 1. The Balaban J connectivity index is 2.10. The highest BCUT2D eigenvalue weighted by Gasteiger charge is 2.05. The van der Waals surface area contributed by atoms with Gasteiger partial charge in [-0.25, -0.2) is 0 Å². The van der Waals surface area contributed by atoms with Crippen LogP contribution in [0.25, 0.3) is 5.57 Å². The summed E-state index contributed by atoms with van der Waals surface area (Å²) in [5, 5.41) is 12.5. The number of nitriles is 1. The highest BCUT2D eigenvalue weighted by atomic mass is 14.9. The van der Waals surface area contributed by atoms with Crippen molar-refractivity contribution < 1.29 is 0 Å². The zero-order valence-electron chi connectivity index (χ0n) is 11.0. The van der Waals surface area contributed by atoms with Gasteiger partial charge >= 0.3 is 0 Å². The standard InChI is InChI=1S/C17H16N2/c1-13-7-6-10-17(16(13)11-18)19-12-14(2)15-8-4-3-5-9-15/h3-10,19H,2,12H2,1H3. The summed E-state index contributed by atoms with van der Waals surface area (Å²) in [7, 11) is 0. The molecule has 0 heterocycles. The first-order valence-electron chi connectivity index (χ1n) is 6.19. The molecule has 1 N–H and O–H groups in total. The predicted molar refractivity (Wildman–Crippen MR) is 79.9 cm³/mol. The number of aryl methyl sites for hydroxylation is 1. The van der Waals surface area contributed by atoms with E-state index < -0.39 is 0 Å². The van der Waals surface area contributed by atoms with Crippen LogP contribution in [0.3, 0.4) is 0 Å². The summed E-state index contributed by atoms with van der Waals surface area (Å²) >= 11 is 0. The fourth-order valence-corrected chi connectivity index (χ4v) is 1.94. The van der Waals surface area contributed by atoms with Gasteiger partial charge in [0.15, 0.2) is 0 Å². The van der Waals surface area contributed by atoms with Crippen LogP contribution >= 0.6 is 0 Å². The Morgan fingerprint density at radius 3 is 2.58 bits per heavy atom. The van der Waals surface area contributed by atoms with Crippen LogP contribution < -0.4 is 5.32 Å². The maximum Gasteiger partial charge on any atom is 0.102 e. The lowest BCUT2D eigenvalue weighted by Crippen LogP contribution is -2.05. The Bertz CT molecular complexity index is 621. The van der Waals surface area contributed by atoms with Crippen LogP contribution in [-0.4, -0.2) is 6.54 Å². The molecule has 0 aromatic heterocycles. The van der Waals surface area contributed by atoms with Crippen LogP contribution in [0.15, 0.2) is 55.1 Å². The molecule has 0 bridgehead atoms. The minimum absolute atomic E-state index is 0.627. The SMILES string of the molecule is C=C(CNc1cccc(C)c1C#N)c1ccccc1. The van der Waals surface area contributed by atoms with Gasteiger partial charge in [0.2, 0.25) is 0 Å². The molecular formula is C17H16N2. The van der Waals surface area contributed by atoms with E-state index in [4.69, 9.17) is 5.26 Å². The molecule has 2 nitrogen and oxygen atoms in total. The van der Waals surface area contributed by atoms with E-state index in [1.165, 1.54) is 0 Å². The molecule has 2 aromatic carbocycles. The summed E-state index contributed by atoms with van der Waals surface area (Å²) in [6.45, 7) is 6.64. The average molecular weight is 248 g/mol. The van der Waals surface area contributed by atoms with Crippen molar-refractivity contribution in [2.75, 3.05) is 11.9 Å². The van der Waals surface area contributed by atoms with Gasteiger partial charge in [0.1, 0.15) is 6.07 Å². The second-order valence-electron chi connectivity index (χ2n) is 4.43. The van der Waals surface area contributed by atoms with Crippen molar-refractivity contribution in [3.63, 3.8) is 0 Å².